The van der Waals surface area contributed by atoms with Gasteiger partial charge >= 0.3 is 0 Å². The molecule has 0 radical (unpaired) electrons. The highest BCUT2D eigenvalue weighted by atomic mass is 35.5. The summed E-state index contributed by atoms with van der Waals surface area (Å²) in [4.78, 5) is 5.08. The molecule has 0 spiro atoms. The van der Waals surface area contributed by atoms with Crippen molar-refractivity contribution in [2.75, 3.05) is 11.9 Å². The molecule has 0 amide bonds. The van der Waals surface area contributed by atoms with Crippen molar-refractivity contribution in [2.45, 2.75) is 12.8 Å². The molecule has 1 N–H and O–H groups in total. The van der Waals surface area contributed by atoms with Crippen LogP contribution in [0.5, 0.6) is 0 Å². The van der Waals surface area contributed by atoms with Gasteiger partial charge in [-0.05, 0) is 36.6 Å². The molecule has 0 bridgehead atoms. The molecule has 0 fully saturated rings. The van der Waals surface area contributed by atoms with Crippen LogP contribution >= 0.6 is 34.3 Å². The van der Waals surface area contributed by atoms with E-state index >= 15 is 0 Å². The van der Waals surface area contributed by atoms with Crippen LogP contribution in [0.15, 0.2) is 36.7 Å². The Bertz CT molecular complexity index is 1080. The molecule has 3 aromatic heterocycles. The summed E-state index contributed by atoms with van der Waals surface area (Å²) in [7, 11) is 0. The van der Waals surface area contributed by atoms with E-state index in [4.69, 9.17) is 11.6 Å². The summed E-state index contributed by atoms with van der Waals surface area (Å²) >= 11 is 9.19. The van der Waals surface area contributed by atoms with Crippen molar-refractivity contribution in [3.05, 3.63) is 58.9 Å². The number of hydrogen-bond acceptors (Lipinski definition) is 6. The van der Waals surface area contributed by atoms with Gasteiger partial charge in [-0.2, -0.15) is 0 Å². The number of benzene rings is 1. The molecule has 1 aromatic carbocycles. The number of fused-ring (bicyclic) bond motifs is 1. The van der Waals surface area contributed by atoms with E-state index in [1.165, 1.54) is 23.5 Å². The van der Waals surface area contributed by atoms with Gasteiger partial charge in [-0.1, -0.05) is 22.9 Å². The summed E-state index contributed by atoms with van der Waals surface area (Å²) < 4.78 is 27.4. The Morgan fingerprint density at radius 2 is 1.81 bits per heavy atom. The van der Waals surface area contributed by atoms with Gasteiger partial charge in [-0.25, -0.2) is 8.78 Å². The molecule has 0 aliphatic carbocycles. The van der Waals surface area contributed by atoms with Crippen LogP contribution in [0.2, 0.25) is 5.02 Å². The number of rotatable bonds is 6. The van der Waals surface area contributed by atoms with Crippen LogP contribution in [0.4, 0.5) is 13.9 Å². The second-order valence-corrected chi connectivity index (χ2v) is 8.33. The molecule has 4 nitrogen and oxygen atoms in total. The minimum absolute atomic E-state index is 0.551. The summed E-state index contributed by atoms with van der Waals surface area (Å²) in [5, 5.41) is 14.7. The van der Waals surface area contributed by atoms with Gasteiger partial charge < -0.3 is 5.32 Å². The van der Waals surface area contributed by atoms with Crippen molar-refractivity contribution < 1.29 is 8.78 Å². The zero-order valence-corrected chi connectivity index (χ0v) is 16.3. The molecule has 0 aliphatic heterocycles. The Kier molecular flexibility index (Phi) is 5.29. The van der Waals surface area contributed by atoms with Crippen molar-refractivity contribution >= 4 is 49.5 Å². The maximum Gasteiger partial charge on any atom is 0.206 e. The number of anilines is 1. The maximum absolute atomic E-state index is 13.2. The SMILES string of the molecule is Fc1cc(F)cc(CCCNc2nnc(-c3cc4c(Cl)cncc4s3)s2)c1. The molecule has 4 aromatic rings. The first-order valence-corrected chi connectivity index (χ1v) is 10.2. The van der Waals surface area contributed by atoms with Crippen LogP contribution in [0.3, 0.4) is 0 Å². The lowest BCUT2D eigenvalue weighted by atomic mass is 10.1. The molecular weight excluding hydrogens is 410 g/mol. The van der Waals surface area contributed by atoms with Gasteiger partial charge in [0.25, 0.3) is 0 Å². The van der Waals surface area contributed by atoms with Gasteiger partial charge in [-0.15, -0.1) is 21.5 Å². The minimum atomic E-state index is -0.551. The number of nitrogens with zero attached hydrogens (tertiary/aromatic N) is 3. The highest BCUT2D eigenvalue weighted by Gasteiger charge is 2.12. The molecule has 3 heterocycles. The smallest absolute Gasteiger partial charge is 0.206 e. The van der Waals surface area contributed by atoms with E-state index in [0.29, 0.717) is 28.7 Å². The topological polar surface area (TPSA) is 50.7 Å². The van der Waals surface area contributed by atoms with Crippen LogP contribution in [-0.2, 0) is 6.42 Å². The van der Waals surface area contributed by atoms with Gasteiger partial charge in [0, 0.05) is 30.4 Å². The predicted octanol–water partition coefficient (Wildman–Crippen LogP) is 5.79. The fourth-order valence-corrected chi connectivity index (χ4v) is 4.80. The number of aromatic nitrogens is 3. The lowest BCUT2D eigenvalue weighted by Crippen LogP contribution is -2.03. The van der Waals surface area contributed by atoms with Crippen molar-refractivity contribution in [3.63, 3.8) is 0 Å². The van der Waals surface area contributed by atoms with E-state index in [9.17, 15) is 8.78 Å². The zero-order chi connectivity index (χ0) is 18.8. The number of pyridine rings is 1. The van der Waals surface area contributed by atoms with Crippen LogP contribution in [0, 0.1) is 11.6 Å². The van der Waals surface area contributed by atoms with Crippen LogP contribution in [0.25, 0.3) is 20.0 Å². The fraction of sp³-hybridized carbons (Fsp3) is 0.167. The number of hydrogen-bond donors (Lipinski definition) is 1. The van der Waals surface area contributed by atoms with Gasteiger partial charge in [0.1, 0.15) is 11.6 Å². The highest BCUT2D eigenvalue weighted by molar-refractivity contribution is 7.26. The quantitative estimate of drug-likeness (QED) is 0.399. The van der Waals surface area contributed by atoms with Gasteiger partial charge in [0.05, 0.1) is 14.6 Å². The molecule has 9 heteroatoms. The lowest BCUT2D eigenvalue weighted by Gasteiger charge is -2.03. The van der Waals surface area contributed by atoms with Crippen LogP contribution < -0.4 is 5.32 Å². The van der Waals surface area contributed by atoms with E-state index < -0.39 is 11.6 Å². The van der Waals surface area contributed by atoms with Crippen molar-refractivity contribution in [1.82, 2.24) is 15.2 Å². The Morgan fingerprint density at radius 3 is 2.59 bits per heavy atom. The van der Waals surface area contributed by atoms with E-state index in [2.05, 4.69) is 20.5 Å². The lowest BCUT2D eigenvalue weighted by molar-refractivity contribution is 0.579. The molecular formula is C18H13ClF2N4S2. The number of thiophene rings is 1. The third kappa shape index (κ3) is 4.23. The predicted molar refractivity (Wildman–Crippen MR) is 107 cm³/mol. The fourth-order valence-electron chi connectivity index (χ4n) is 2.67. The minimum Gasteiger partial charge on any atom is -0.360 e. The summed E-state index contributed by atoms with van der Waals surface area (Å²) in [5.41, 5.74) is 0.642. The van der Waals surface area contributed by atoms with Gasteiger partial charge in [0.15, 0.2) is 5.01 Å². The molecule has 138 valence electrons. The first-order valence-electron chi connectivity index (χ1n) is 8.14. The van der Waals surface area contributed by atoms with Crippen molar-refractivity contribution in [1.29, 1.82) is 0 Å². The van der Waals surface area contributed by atoms with Crippen LogP contribution in [0.1, 0.15) is 12.0 Å². The second-order valence-electron chi connectivity index (χ2n) is 5.86. The number of aryl methyl sites for hydroxylation is 1. The maximum atomic E-state index is 13.2. The first kappa shape index (κ1) is 18.2. The van der Waals surface area contributed by atoms with Crippen molar-refractivity contribution in [3.8, 4) is 9.88 Å². The Balaban J connectivity index is 1.37. The third-order valence-electron chi connectivity index (χ3n) is 3.87. The molecule has 0 saturated carbocycles. The van der Waals surface area contributed by atoms with E-state index in [-0.39, 0.29) is 0 Å². The molecule has 0 aliphatic rings. The van der Waals surface area contributed by atoms with Gasteiger partial charge in [0.2, 0.25) is 5.13 Å². The molecule has 0 unspecified atom stereocenters. The average molecular weight is 423 g/mol. The Labute approximate surface area is 166 Å². The zero-order valence-electron chi connectivity index (χ0n) is 13.9. The van der Waals surface area contributed by atoms with Crippen molar-refractivity contribution in [2.24, 2.45) is 0 Å². The Morgan fingerprint density at radius 1 is 1.00 bits per heavy atom. The molecule has 27 heavy (non-hydrogen) atoms. The first-order chi connectivity index (χ1) is 13.1. The number of nitrogens with one attached hydrogen (secondary N) is 1. The van der Waals surface area contributed by atoms with E-state index in [0.717, 1.165) is 32.5 Å². The van der Waals surface area contributed by atoms with E-state index in [1.54, 1.807) is 23.7 Å². The van der Waals surface area contributed by atoms with Crippen LogP contribution in [-0.4, -0.2) is 21.7 Å². The largest absolute Gasteiger partial charge is 0.360 e. The van der Waals surface area contributed by atoms with Gasteiger partial charge in [-0.3, -0.25) is 4.98 Å². The molecule has 4 rings (SSSR count). The number of halogens is 3. The Hall–Kier alpha value is -2.16. The monoisotopic (exact) mass is 422 g/mol. The summed E-state index contributed by atoms with van der Waals surface area (Å²) in [6, 6.07) is 5.58. The normalized spacial score (nSPS) is 11.2. The highest BCUT2D eigenvalue weighted by Crippen LogP contribution is 2.38. The molecule has 0 atom stereocenters. The second kappa shape index (κ2) is 7.84. The molecule has 0 saturated heterocycles. The summed E-state index contributed by atoms with van der Waals surface area (Å²) in [5.74, 6) is -1.10. The third-order valence-corrected chi connectivity index (χ3v) is 6.30. The summed E-state index contributed by atoms with van der Waals surface area (Å²) in [6.07, 6.45) is 4.71. The van der Waals surface area contributed by atoms with E-state index in [1.807, 2.05) is 6.07 Å². The standard InChI is InChI=1S/C18H13ClF2N4S2/c19-14-8-22-9-16-13(14)7-15(26-16)17-24-25-18(27-17)23-3-1-2-10-4-11(20)6-12(21)5-10/h4-9H,1-3H2,(H,23,25). The summed E-state index contributed by atoms with van der Waals surface area (Å²) in [6.45, 7) is 0.634. The average Bonchev–Trinajstić information content (AvgIpc) is 3.25.